The van der Waals surface area contributed by atoms with Crippen LogP contribution >= 0.6 is 0 Å². The maximum atomic E-state index is 5.80. The lowest BCUT2D eigenvalue weighted by molar-refractivity contribution is 0.0258. The number of hydrogen-bond donors (Lipinski definition) is 2. The van der Waals surface area contributed by atoms with Crippen LogP contribution in [0.4, 0.5) is 0 Å². The molecule has 1 aromatic rings. The van der Waals surface area contributed by atoms with Crippen molar-refractivity contribution in [2.45, 2.75) is 60.6 Å². The van der Waals surface area contributed by atoms with Crippen molar-refractivity contribution in [3.05, 3.63) is 23.0 Å². The molecule has 0 aliphatic heterocycles. The average molecular weight is 365 g/mol. The Labute approximate surface area is 158 Å². The lowest BCUT2D eigenvalue weighted by atomic mass is 10.0. The number of rotatable bonds is 10. The van der Waals surface area contributed by atoms with E-state index < -0.39 is 0 Å². The molecule has 148 valence electrons. The van der Waals surface area contributed by atoms with Gasteiger partial charge < -0.3 is 20.1 Å². The van der Waals surface area contributed by atoms with Crippen molar-refractivity contribution >= 4 is 5.96 Å². The van der Waals surface area contributed by atoms with Gasteiger partial charge in [0.05, 0.1) is 25.5 Å². The zero-order valence-electron chi connectivity index (χ0n) is 17.5. The topological polar surface area (TPSA) is 67.8 Å². The Balaban J connectivity index is 2.72. The van der Waals surface area contributed by atoms with Crippen LogP contribution in [0, 0.1) is 19.8 Å². The lowest BCUT2D eigenvalue weighted by Gasteiger charge is -2.21. The summed E-state index contributed by atoms with van der Waals surface area (Å²) in [6.45, 7) is 15.4. The van der Waals surface area contributed by atoms with Crippen LogP contribution in [0.5, 0.6) is 5.75 Å². The molecule has 1 unspecified atom stereocenters. The minimum atomic E-state index is 0.264. The van der Waals surface area contributed by atoms with Crippen LogP contribution in [0.15, 0.2) is 11.2 Å². The number of aromatic nitrogens is 1. The van der Waals surface area contributed by atoms with Gasteiger partial charge in [0.2, 0.25) is 0 Å². The van der Waals surface area contributed by atoms with Gasteiger partial charge in [0.1, 0.15) is 5.75 Å². The standard InChI is InChI=1S/C20H36N4O2/c1-8-21-20(22-11-10-18(14(3)4)26-9-2)24-13-17-16(6)19(25-7)15(5)12-23-17/h12,14,18H,8-11,13H2,1-7H3,(H2,21,22,24). The number of aryl methyl sites for hydroxylation is 1. The molecule has 1 aromatic heterocycles. The molecule has 0 aliphatic carbocycles. The number of nitrogens with one attached hydrogen (secondary N) is 2. The van der Waals surface area contributed by atoms with Crippen LogP contribution in [0.2, 0.25) is 0 Å². The van der Waals surface area contributed by atoms with Crippen LogP contribution < -0.4 is 15.4 Å². The maximum absolute atomic E-state index is 5.80. The van der Waals surface area contributed by atoms with Crippen molar-refractivity contribution < 1.29 is 9.47 Å². The molecule has 0 radical (unpaired) electrons. The monoisotopic (exact) mass is 364 g/mol. The Bertz CT molecular complexity index is 573. The van der Waals surface area contributed by atoms with E-state index in [1.54, 1.807) is 7.11 Å². The summed E-state index contributed by atoms with van der Waals surface area (Å²) < 4.78 is 11.3. The first-order valence-electron chi connectivity index (χ1n) is 9.57. The van der Waals surface area contributed by atoms with Crippen molar-refractivity contribution in [3.8, 4) is 5.75 Å². The van der Waals surface area contributed by atoms with Crippen LogP contribution in [0.25, 0.3) is 0 Å². The van der Waals surface area contributed by atoms with Gasteiger partial charge >= 0.3 is 0 Å². The highest BCUT2D eigenvalue weighted by molar-refractivity contribution is 5.79. The average Bonchev–Trinajstić information content (AvgIpc) is 2.60. The van der Waals surface area contributed by atoms with Crippen LogP contribution in [0.3, 0.4) is 0 Å². The molecule has 0 saturated heterocycles. The van der Waals surface area contributed by atoms with E-state index >= 15 is 0 Å². The molecular formula is C20H36N4O2. The van der Waals surface area contributed by atoms with Gasteiger partial charge in [-0.15, -0.1) is 0 Å². The fourth-order valence-corrected chi connectivity index (χ4v) is 2.88. The third-order valence-electron chi connectivity index (χ3n) is 4.33. The first-order valence-corrected chi connectivity index (χ1v) is 9.57. The molecule has 0 spiro atoms. The maximum Gasteiger partial charge on any atom is 0.191 e. The number of ether oxygens (including phenoxy) is 2. The van der Waals surface area contributed by atoms with Crippen molar-refractivity contribution in [1.29, 1.82) is 0 Å². The van der Waals surface area contributed by atoms with Gasteiger partial charge in [0, 0.05) is 37.0 Å². The van der Waals surface area contributed by atoms with E-state index in [1.165, 1.54) is 0 Å². The molecular weight excluding hydrogens is 328 g/mol. The minimum absolute atomic E-state index is 0.264. The molecule has 0 aliphatic rings. The number of methoxy groups -OCH3 is 1. The fourth-order valence-electron chi connectivity index (χ4n) is 2.88. The van der Waals surface area contributed by atoms with Crippen LogP contribution in [-0.2, 0) is 11.3 Å². The lowest BCUT2D eigenvalue weighted by Crippen LogP contribution is -2.39. The van der Waals surface area contributed by atoms with Gasteiger partial charge in [-0.2, -0.15) is 0 Å². The van der Waals surface area contributed by atoms with E-state index in [1.807, 2.05) is 27.0 Å². The number of nitrogens with zero attached hydrogens (tertiary/aromatic N) is 2. The summed E-state index contributed by atoms with van der Waals surface area (Å²) in [4.78, 5) is 9.18. The fraction of sp³-hybridized carbons (Fsp3) is 0.700. The predicted octanol–water partition coefficient (Wildman–Crippen LogP) is 3.21. The summed E-state index contributed by atoms with van der Waals surface area (Å²) in [5.41, 5.74) is 3.01. The first kappa shape index (κ1) is 22.2. The van der Waals surface area contributed by atoms with E-state index in [0.717, 1.165) is 54.6 Å². The summed E-state index contributed by atoms with van der Waals surface area (Å²) in [5, 5.41) is 6.68. The van der Waals surface area contributed by atoms with E-state index in [4.69, 9.17) is 9.47 Å². The van der Waals surface area contributed by atoms with Gasteiger partial charge in [0.25, 0.3) is 0 Å². The minimum Gasteiger partial charge on any atom is -0.496 e. The number of hydrogen-bond acceptors (Lipinski definition) is 4. The summed E-state index contributed by atoms with van der Waals surface area (Å²) in [7, 11) is 1.69. The molecule has 0 amide bonds. The second-order valence-corrected chi connectivity index (χ2v) is 6.69. The van der Waals surface area contributed by atoms with Gasteiger partial charge in [-0.3, -0.25) is 4.98 Å². The Morgan fingerprint density at radius 2 is 1.96 bits per heavy atom. The Hall–Kier alpha value is -1.82. The molecule has 6 heteroatoms. The number of aliphatic imine (C=N–C) groups is 1. The number of guanidine groups is 1. The van der Waals surface area contributed by atoms with Crippen molar-refractivity contribution in [3.63, 3.8) is 0 Å². The first-order chi connectivity index (χ1) is 12.4. The predicted molar refractivity (Wildman–Crippen MR) is 108 cm³/mol. The van der Waals surface area contributed by atoms with E-state index in [9.17, 15) is 0 Å². The SMILES string of the molecule is CCNC(=NCc1ncc(C)c(OC)c1C)NCCC(OCC)C(C)C. The van der Waals surface area contributed by atoms with Crippen LogP contribution in [-0.4, -0.2) is 43.9 Å². The van der Waals surface area contributed by atoms with Crippen LogP contribution in [0.1, 0.15) is 50.9 Å². The molecule has 6 nitrogen and oxygen atoms in total. The van der Waals surface area contributed by atoms with Gasteiger partial charge in [-0.1, -0.05) is 13.8 Å². The Morgan fingerprint density at radius 3 is 2.54 bits per heavy atom. The van der Waals surface area contributed by atoms with Crippen molar-refractivity contribution in [2.75, 3.05) is 26.8 Å². The van der Waals surface area contributed by atoms with Crippen molar-refractivity contribution in [1.82, 2.24) is 15.6 Å². The van der Waals surface area contributed by atoms with Gasteiger partial charge in [-0.25, -0.2) is 4.99 Å². The Morgan fingerprint density at radius 1 is 1.23 bits per heavy atom. The zero-order chi connectivity index (χ0) is 19.5. The van der Waals surface area contributed by atoms with Crippen molar-refractivity contribution in [2.24, 2.45) is 10.9 Å². The third-order valence-corrected chi connectivity index (χ3v) is 4.33. The van der Waals surface area contributed by atoms with E-state index in [-0.39, 0.29) is 6.10 Å². The highest BCUT2D eigenvalue weighted by Crippen LogP contribution is 2.24. The van der Waals surface area contributed by atoms with E-state index in [2.05, 4.69) is 41.4 Å². The Kier molecular flexibility index (Phi) is 10.0. The van der Waals surface area contributed by atoms with E-state index in [0.29, 0.717) is 12.5 Å². The smallest absolute Gasteiger partial charge is 0.191 e. The second-order valence-electron chi connectivity index (χ2n) is 6.69. The highest BCUT2D eigenvalue weighted by atomic mass is 16.5. The molecule has 1 heterocycles. The molecule has 0 saturated carbocycles. The molecule has 26 heavy (non-hydrogen) atoms. The highest BCUT2D eigenvalue weighted by Gasteiger charge is 2.13. The normalized spacial score (nSPS) is 13.0. The molecule has 0 fully saturated rings. The molecule has 2 N–H and O–H groups in total. The molecule has 1 rings (SSSR count). The molecule has 1 atom stereocenters. The summed E-state index contributed by atoms with van der Waals surface area (Å²) in [5.74, 6) is 2.19. The molecule has 0 aromatic carbocycles. The van der Waals surface area contributed by atoms with Gasteiger partial charge in [-0.05, 0) is 40.0 Å². The zero-order valence-corrected chi connectivity index (χ0v) is 17.5. The largest absolute Gasteiger partial charge is 0.496 e. The third kappa shape index (κ3) is 6.83. The van der Waals surface area contributed by atoms with Gasteiger partial charge in [0.15, 0.2) is 5.96 Å². The number of pyridine rings is 1. The second kappa shape index (κ2) is 11.7. The summed E-state index contributed by atoms with van der Waals surface area (Å²) in [6, 6.07) is 0. The summed E-state index contributed by atoms with van der Waals surface area (Å²) >= 11 is 0. The quantitative estimate of drug-likeness (QED) is 0.493. The summed E-state index contributed by atoms with van der Waals surface area (Å²) in [6.07, 6.45) is 3.05. The molecule has 0 bridgehead atoms.